The Hall–Kier alpha value is -1.05. The summed E-state index contributed by atoms with van der Waals surface area (Å²) in [5.74, 6) is 0. The van der Waals surface area contributed by atoms with Gasteiger partial charge >= 0.3 is 0 Å². The van der Waals surface area contributed by atoms with Gasteiger partial charge in [-0.3, -0.25) is 0 Å². The summed E-state index contributed by atoms with van der Waals surface area (Å²) in [6, 6.07) is 10.5. The average Bonchev–Trinajstić information content (AvgIpc) is 2.23. The smallest absolute Gasteiger partial charge is 0.0720 e. The molecule has 0 unspecified atom stereocenters. The zero-order chi connectivity index (χ0) is 12.6. The molecular formula is C15H14ClSi. The number of aryl methyl sites for hydroxylation is 2. The van der Waals surface area contributed by atoms with Gasteiger partial charge in [-0.25, -0.2) is 0 Å². The Morgan fingerprint density at radius 1 is 0.941 bits per heavy atom. The van der Waals surface area contributed by atoms with Crippen molar-refractivity contribution in [3.05, 3.63) is 52.0 Å². The largest absolute Gasteiger partial charge is 0.0840 e. The molecule has 0 bridgehead atoms. The van der Waals surface area contributed by atoms with Crippen molar-refractivity contribution in [2.24, 2.45) is 0 Å². The maximum atomic E-state index is 6.19. The Balaban J connectivity index is 2.72. The van der Waals surface area contributed by atoms with Gasteiger partial charge in [-0.05, 0) is 43.5 Å². The molecule has 0 fully saturated rings. The first kappa shape index (κ1) is 12.4. The van der Waals surface area contributed by atoms with Crippen LogP contribution in [0.25, 0.3) is 11.1 Å². The van der Waals surface area contributed by atoms with Crippen molar-refractivity contribution >= 4 is 27.0 Å². The van der Waals surface area contributed by atoms with E-state index in [0.29, 0.717) is 0 Å². The first-order chi connectivity index (χ1) is 7.99. The molecule has 0 saturated carbocycles. The third kappa shape index (κ3) is 2.45. The number of rotatable bonds is 1. The van der Waals surface area contributed by atoms with Crippen LogP contribution in [-0.2, 0) is 0 Å². The molecule has 2 aromatic carbocycles. The molecule has 0 N–H and O–H groups in total. The molecule has 85 valence electrons. The van der Waals surface area contributed by atoms with Crippen LogP contribution in [0.5, 0.6) is 0 Å². The molecule has 0 aromatic heterocycles. The lowest BCUT2D eigenvalue weighted by atomic mass is 9.97. The fourth-order valence-electron chi connectivity index (χ4n) is 2.18. The predicted octanol–water partition coefficient (Wildman–Crippen LogP) is 3.73. The molecule has 0 aliphatic carbocycles. The van der Waals surface area contributed by atoms with Gasteiger partial charge in [-0.1, -0.05) is 52.2 Å². The highest BCUT2D eigenvalue weighted by Gasteiger charge is 2.09. The predicted molar refractivity (Wildman–Crippen MR) is 76.5 cm³/mol. The van der Waals surface area contributed by atoms with Gasteiger partial charge in [0.25, 0.3) is 0 Å². The van der Waals surface area contributed by atoms with Crippen molar-refractivity contribution in [2.45, 2.75) is 20.8 Å². The van der Waals surface area contributed by atoms with E-state index in [-0.39, 0.29) is 0 Å². The molecule has 0 amide bonds. The molecule has 0 nitrogen and oxygen atoms in total. The van der Waals surface area contributed by atoms with Crippen LogP contribution in [-0.4, -0.2) is 10.2 Å². The first-order valence-corrected chi connectivity index (χ1v) is 6.46. The van der Waals surface area contributed by atoms with Gasteiger partial charge in [0.05, 0.1) is 10.2 Å². The maximum Gasteiger partial charge on any atom is 0.0720 e. The van der Waals surface area contributed by atoms with Crippen LogP contribution in [0.3, 0.4) is 0 Å². The molecular weight excluding hydrogens is 244 g/mol. The standard InChI is InChI=1S/C15H14ClSi/c1-9-6-10(2)8-12(7-9)15-11(3)13(16)4-5-14(15)17/h4-8H,1-3H3. The van der Waals surface area contributed by atoms with Gasteiger partial charge in [0.15, 0.2) is 0 Å². The molecule has 2 heteroatoms. The van der Waals surface area contributed by atoms with Crippen LogP contribution in [0, 0.1) is 20.8 Å². The molecule has 0 aliphatic rings. The monoisotopic (exact) mass is 257 g/mol. The highest BCUT2D eigenvalue weighted by Crippen LogP contribution is 2.27. The van der Waals surface area contributed by atoms with E-state index in [9.17, 15) is 0 Å². The summed E-state index contributed by atoms with van der Waals surface area (Å²) >= 11 is 6.19. The second kappa shape index (κ2) is 4.67. The average molecular weight is 258 g/mol. The fraction of sp³-hybridized carbons (Fsp3) is 0.200. The van der Waals surface area contributed by atoms with Crippen molar-refractivity contribution in [2.75, 3.05) is 0 Å². The summed E-state index contributed by atoms with van der Waals surface area (Å²) in [5, 5.41) is 1.89. The Labute approximate surface area is 111 Å². The molecule has 2 rings (SSSR count). The van der Waals surface area contributed by atoms with Crippen LogP contribution in [0.2, 0.25) is 5.02 Å². The van der Waals surface area contributed by atoms with E-state index in [1.807, 2.05) is 12.1 Å². The molecule has 17 heavy (non-hydrogen) atoms. The minimum absolute atomic E-state index is 0.807. The minimum atomic E-state index is 0.807. The van der Waals surface area contributed by atoms with Gasteiger partial charge in [0.2, 0.25) is 0 Å². The van der Waals surface area contributed by atoms with Crippen LogP contribution < -0.4 is 5.19 Å². The fourth-order valence-corrected chi connectivity index (χ4v) is 2.75. The van der Waals surface area contributed by atoms with E-state index >= 15 is 0 Å². The number of benzene rings is 2. The summed E-state index contributed by atoms with van der Waals surface area (Å²) in [5.41, 5.74) is 6.05. The number of halogens is 1. The highest BCUT2D eigenvalue weighted by molar-refractivity contribution is 6.38. The van der Waals surface area contributed by atoms with Crippen LogP contribution >= 0.6 is 11.6 Å². The molecule has 0 heterocycles. The Bertz CT molecular complexity index is 553. The van der Waals surface area contributed by atoms with Gasteiger partial charge in [0, 0.05) is 5.02 Å². The molecule has 0 spiro atoms. The van der Waals surface area contributed by atoms with Crippen molar-refractivity contribution in [1.82, 2.24) is 0 Å². The van der Waals surface area contributed by atoms with Crippen molar-refractivity contribution in [1.29, 1.82) is 0 Å². The minimum Gasteiger partial charge on any atom is -0.0840 e. The zero-order valence-corrected chi connectivity index (χ0v) is 12.0. The first-order valence-electron chi connectivity index (χ1n) is 5.58. The van der Waals surface area contributed by atoms with E-state index in [2.05, 4.69) is 49.2 Å². The maximum absolute atomic E-state index is 6.19. The second-order valence-electron chi connectivity index (χ2n) is 4.47. The Morgan fingerprint density at radius 2 is 1.53 bits per heavy atom. The molecule has 0 atom stereocenters. The molecule has 3 radical (unpaired) electrons. The normalized spacial score (nSPS) is 10.6. The Kier molecular flexibility index (Phi) is 3.41. The third-order valence-electron chi connectivity index (χ3n) is 2.91. The van der Waals surface area contributed by atoms with Gasteiger partial charge in [-0.15, -0.1) is 0 Å². The lowest BCUT2D eigenvalue weighted by Crippen LogP contribution is -2.08. The van der Waals surface area contributed by atoms with Gasteiger partial charge in [-0.2, -0.15) is 0 Å². The van der Waals surface area contributed by atoms with E-state index < -0.39 is 0 Å². The van der Waals surface area contributed by atoms with Crippen molar-refractivity contribution in [3.8, 4) is 11.1 Å². The molecule has 2 aromatic rings. The summed E-state index contributed by atoms with van der Waals surface area (Å²) < 4.78 is 0. The summed E-state index contributed by atoms with van der Waals surface area (Å²) in [6.07, 6.45) is 0. The molecule has 0 aliphatic heterocycles. The zero-order valence-electron chi connectivity index (χ0n) is 10.3. The summed E-state index contributed by atoms with van der Waals surface area (Å²) in [6.45, 7) is 6.28. The number of hydrogen-bond donors (Lipinski definition) is 0. The van der Waals surface area contributed by atoms with Crippen LogP contribution in [0.4, 0.5) is 0 Å². The summed E-state index contributed by atoms with van der Waals surface area (Å²) in [4.78, 5) is 0. The van der Waals surface area contributed by atoms with Gasteiger partial charge < -0.3 is 0 Å². The van der Waals surface area contributed by atoms with E-state index in [0.717, 1.165) is 15.8 Å². The summed E-state index contributed by atoms with van der Waals surface area (Å²) in [7, 11) is 3.66. The number of hydrogen-bond acceptors (Lipinski definition) is 0. The van der Waals surface area contributed by atoms with Crippen LogP contribution in [0.15, 0.2) is 30.3 Å². The van der Waals surface area contributed by atoms with Crippen molar-refractivity contribution in [3.63, 3.8) is 0 Å². The third-order valence-corrected chi connectivity index (χ3v) is 3.74. The SMILES string of the molecule is Cc1cc(C)cc(-c2c([Si])ccc(Cl)c2C)c1. The lowest BCUT2D eigenvalue weighted by molar-refractivity contribution is 1.37. The quantitative estimate of drug-likeness (QED) is 0.683. The highest BCUT2D eigenvalue weighted by atomic mass is 35.5. The van der Waals surface area contributed by atoms with Crippen molar-refractivity contribution < 1.29 is 0 Å². The van der Waals surface area contributed by atoms with E-state index in [1.165, 1.54) is 22.3 Å². The van der Waals surface area contributed by atoms with Gasteiger partial charge in [0.1, 0.15) is 0 Å². The molecule has 0 saturated heterocycles. The Morgan fingerprint density at radius 3 is 2.12 bits per heavy atom. The second-order valence-corrected chi connectivity index (χ2v) is 5.42. The van der Waals surface area contributed by atoms with Crippen LogP contribution in [0.1, 0.15) is 16.7 Å². The lowest BCUT2D eigenvalue weighted by Gasteiger charge is -2.13. The van der Waals surface area contributed by atoms with E-state index in [1.54, 1.807) is 0 Å². The topological polar surface area (TPSA) is 0 Å². The van der Waals surface area contributed by atoms with E-state index in [4.69, 9.17) is 11.6 Å².